The molecule has 0 aliphatic carbocycles. The van der Waals surface area contributed by atoms with Gasteiger partial charge in [-0.25, -0.2) is 4.79 Å². The Kier molecular flexibility index (Phi) is 4.77. The van der Waals surface area contributed by atoms with Crippen LogP contribution in [0.5, 0.6) is 5.75 Å². The molecule has 0 heterocycles. The van der Waals surface area contributed by atoms with Gasteiger partial charge in [0, 0.05) is 11.6 Å². The van der Waals surface area contributed by atoms with E-state index in [9.17, 15) is 4.79 Å². The van der Waals surface area contributed by atoms with Crippen molar-refractivity contribution in [1.82, 2.24) is 0 Å². The first-order chi connectivity index (χ1) is 8.17. The van der Waals surface area contributed by atoms with Gasteiger partial charge in [-0.2, -0.15) is 5.26 Å². The number of nitriles is 1. The smallest absolute Gasteiger partial charge is 0.332 e. The zero-order valence-electron chi connectivity index (χ0n) is 9.71. The third-order valence-corrected chi connectivity index (χ3v) is 2.01. The number of rotatable bonds is 4. The molecule has 88 valence electrons. The van der Waals surface area contributed by atoms with E-state index in [1.54, 1.807) is 19.3 Å². The maximum absolute atomic E-state index is 11.3. The van der Waals surface area contributed by atoms with Gasteiger partial charge in [-0.1, -0.05) is 18.2 Å². The lowest BCUT2D eigenvalue weighted by atomic mass is 10.2. The summed E-state index contributed by atoms with van der Waals surface area (Å²) in [4.78, 5) is 11.3. The number of hydrogen-bond acceptors (Lipinski definition) is 4. The first kappa shape index (κ1) is 12.8. The molecule has 0 amide bonds. The van der Waals surface area contributed by atoms with Crippen molar-refractivity contribution in [3.05, 3.63) is 35.9 Å². The van der Waals surface area contributed by atoms with E-state index < -0.39 is 12.1 Å². The molecule has 17 heavy (non-hydrogen) atoms. The van der Waals surface area contributed by atoms with Crippen molar-refractivity contribution in [2.45, 2.75) is 13.0 Å². The minimum Gasteiger partial charge on any atom is -0.496 e. The third-order valence-electron chi connectivity index (χ3n) is 2.01. The fourth-order valence-electron chi connectivity index (χ4n) is 1.20. The number of methoxy groups -OCH3 is 1. The molecule has 4 heteroatoms. The fraction of sp³-hybridized carbons (Fsp3) is 0.231. The van der Waals surface area contributed by atoms with Gasteiger partial charge < -0.3 is 9.47 Å². The van der Waals surface area contributed by atoms with Crippen molar-refractivity contribution in [2.75, 3.05) is 7.11 Å². The van der Waals surface area contributed by atoms with Gasteiger partial charge in [0.05, 0.1) is 7.11 Å². The molecule has 4 nitrogen and oxygen atoms in total. The van der Waals surface area contributed by atoms with Crippen LogP contribution in [0, 0.1) is 11.3 Å². The predicted octanol–water partition coefficient (Wildman–Crippen LogP) is 2.16. The number of para-hydroxylation sites is 1. The van der Waals surface area contributed by atoms with E-state index in [4.69, 9.17) is 14.7 Å². The minimum absolute atomic E-state index is 0.551. The van der Waals surface area contributed by atoms with Crippen LogP contribution in [0.4, 0.5) is 0 Å². The van der Waals surface area contributed by atoms with Crippen LogP contribution < -0.4 is 4.74 Å². The van der Waals surface area contributed by atoms with Crippen LogP contribution in [0.1, 0.15) is 12.5 Å². The average molecular weight is 231 g/mol. The quantitative estimate of drug-likeness (QED) is 0.588. The number of esters is 1. The van der Waals surface area contributed by atoms with E-state index in [1.165, 1.54) is 13.0 Å². The topological polar surface area (TPSA) is 59.3 Å². The number of nitrogens with zero attached hydrogens (tertiary/aromatic N) is 1. The highest BCUT2D eigenvalue weighted by Gasteiger charge is 2.04. The molecule has 0 aromatic heterocycles. The lowest BCUT2D eigenvalue weighted by Crippen LogP contribution is -2.10. The molecule has 0 aliphatic rings. The zero-order valence-corrected chi connectivity index (χ0v) is 9.71. The van der Waals surface area contributed by atoms with Gasteiger partial charge in [0.25, 0.3) is 0 Å². The van der Waals surface area contributed by atoms with Crippen LogP contribution in [-0.4, -0.2) is 19.2 Å². The van der Waals surface area contributed by atoms with Crippen LogP contribution in [0.15, 0.2) is 30.3 Å². The maximum atomic E-state index is 11.3. The molecule has 0 saturated carbocycles. The second-order valence-corrected chi connectivity index (χ2v) is 3.28. The van der Waals surface area contributed by atoms with Gasteiger partial charge in [0.1, 0.15) is 11.8 Å². The van der Waals surface area contributed by atoms with E-state index >= 15 is 0 Å². The number of hydrogen-bond donors (Lipinski definition) is 0. The molecule has 1 rings (SSSR count). The number of benzene rings is 1. The van der Waals surface area contributed by atoms with Crippen molar-refractivity contribution >= 4 is 12.0 Å². The van der Waals surface area contributed by atoms with Crippen LogP contribution in [0.3, 0.4) is 0 Å². The molecular weight excluding hydrogens is 218 g/mol. The Morgan fingerprint density at radius 2 is 2.18 bits per heavy atom. The summed E-state index contributed by atoms with van der Waals surface area (Å²) in [5.41, 5.74) is 0.775. The maximum Gasteiger partial charge on any atom is 0.332 e. The molecular formula is C13H13NO3. The van der Waals surface area contributed by atoms with Crippen molar-refractivity contribution in [3.8, 4) is 11.8 Å². The summed E-state index contributed by atoms with van der Waals surface area (Å²) in [6, 6.07) is 9.10. The van der Waals surface area contributed by atoms with Crippen LogP contribution >= 0.6 is 0 Å². The molecule has 0 spiro atoms. The second-order valence-electron chi connectivity index (χ2n) is 3.28. The summed E-state index contributed by atoms with van der Waals surface area (Å²) in [6.07, 6.45) is 2.11. The minimum atomic E-state index is -0.746. The Morgan fingerprint density at radius 3 is 2.82 bits per heavy atom. The number of ether oxygens (including phenoxy) is 2. The standard InChI is InChI=1S/C13H13NO3/c1-10(9-14)17-13(15)8-7-11-5-3-4-6-12(11)16-2/h3-8,10H,1-2H3/b8-7+/t10-/m1/s1. The molecule has 0 bridgehead atoms. The summed E-state index contributed by atoms with van der Waals surface area (Å²) in [6.45, 7) is 1.51. The van der Waals surface area contributed by atoms with Crippen molar-refractivity contribution in [3.63, 3.8) is 0 Å². The normalized spacial score (nSPS) is 11.8. The molecule has 1 aromatic carbocycles. The highest BCUT2D eigenvalue weighted by atomic mass is 16.5. The summed E-state index contributed by atoms with van der Waals surface area (Å²) < 4.78 is 9.89. The predicted molar refractivity (Wildman–Crippen MR) is 63.2 cm³/mol. The Balaban J connectivity index is 2.71. The SMILES string of the molecule is COc1ccccc1/C=C/C(=O)O[C@H](C)C#N. The van der Waals surface area contributed by atoms with E-state index in [1.807, 2.05) is 24.3 Å². The highest BCUT2D eigenvalue weighted by Crippen LogP contribution is 2.18. The molecule has 0 aliphatic heterocycles. The molecule has 0 fully saturated rings. The van der Waals surface area contributed by atoms with Crippen LogP contribution in [-0.2, 0) is 9.53 Å². The summed E-state index contributed by atoms with van der Waals surface area (Å²) >= 11 is 0. The Labute approximate surface area is 100 Å². The monoisotopic (exact) mass is 231 g/mol. The molecule has 0 N–H and O–H groups in total. The molecule has 0 saturated heterocycles. The lowest BCUT2D eigenvalue weighted by Gasteiger charge is -2.04. The molecule has 1 aromatic rings. The van der Waals surface area contributed by atoms with Crippen molar-refractivity contribution in [2.24, 2.45) is 0 Å². The van der Waals surface area contributed by atoms with Crippen LogP contribution in [0.2, 0.25) is 0 Å². The summed E-state index contributed by atoms with van der Waals surface area (Å²) in [5, 5.41) is 8.48. The van der Waals surface area contributed by atoms with E-state index in [0.717, 1.165) is 5.56 Å². The number of carbonyl (C=O) groups is 1. The summed E-state index contributed by atoms with van der Waals surface area (Å²) in [5.74, 6) is 0.120. The van der Waals surface area contributed by atoms with Crippen molar-refractivity contribution < 1.29 is 14.3 Å². The molecule has 1 atom stereocenters. The first-order valence-electron chi connectivity index (χ1n) is 5.08. The summed E-state index contributed by atoms with van der Waals surface area (Å²) in [7, 11) is 1.56. The van der Waals surface area contributed by atoms with Gasteiger partial charge >= 0.3 is 5.97 Å². The van der Waals surface area contributed by atoms with Gasteiger partial charge in [0.2, 0.25) is 0 Å². The molecule has 0 radical (unpaired) electrons. The Hall–Kier alpha value is -2.28. The van der Waals surface area contributed by atoms with Gasteiger partial charge in [-0.15, -0.1) is 0 Å². The number of carbonyl (C=O) groups excluding carboxylic acids is 1. The van der Waals surface area contributed by atoms with Crippen LogP contribution in [0.25, 0.3) is 6.08 Å². The third kappa shape index (κ3) is 3.99. The molecule has 0 unspecified atom stereocenters. The van der Waals surface area contributed by atoms with E-state index in [2.05, 4.69) is 0 Å². The Bertz CT molecular complexity index is 460. The largest absolute Gasteiger partial charge is 0.496 e. The van der Waals surface area contributed by atoms with Crippen molar-refractivity contribution in [1.29, 1.82) is 5.26 Å². The van der Waals surface area contributed by atoms with Gasteiger partial charge in [0.15, 0.2) is 6.10 Å². The lowest BCUT2D eigenvalue weighted by molar-refractivity contribution is -0.139. The second kappa shape index (κ2) is 6.33. The highest BCUT2D eigenvalue weighted by molar-refractivity contribution is 5.87. The van der Waals surface area contributed by atoms with E-state index in [0.29, 0.717) is 5.75 Å². The first-order valence-corrected chi connectivity index (χ1v) is 5.08. The van der Waals surface area contributed by atoms with E-state index in [-0.39, 0.29) is 0 Å². The fourth-order valence-corrected chi connectivity index (χ4v) is 1.20. The van der Waals surface area contributed by atoms with Gasteiger partial charge in [-0.05, 0) is 19.1 Å². The average Bonchev–Trinajstić information content (AvgIpc) is 2.36. The van der Waals surface area contributed by atoms with Gasteiger partial charge in [-0.3, -0.25) is 0 Å². The zero-order chi connectivity index (χ0) is 12.7. The Morgan fingerprint density at radius 1 is 1.47 bits per heavy atom.